The molecule has 1 atom stereocenters. The van der Waals surface area contributed by atoms with Crippen molar-refractivity contribution >= 4 is 0 Å². The Balaban J connectivity index is 2.29. The summed E-state index contributed by atoms with van der Waals surface area (Å²) >= 11 is 0. The molecule has 1 aliphatic rings. The van der Waals surface area contributed by atoms with E-state index in [1.807, 2.05) is 0 Å². The van der Waals surface area contributed by atoms with E-state index in [1.54, 1.807) is 5.57 Å². The predicted octanol–water partition coefficient (Wildman–Crippen LogP) is 4.22. The van der Waals surface area contributed by atoms with Crippen LogP contribution >= 0.6 is 0 Å². The zero-order valence-corrected chi connectivity index (χ0v) is 14.8. The van der Waals surface area contributed by atoms with Gasteiger partial charge in [0.15, 0.2) is 0 Å². The van der Waals surface area contributed by atoms with Crippen LogP contribution in [0.3, 0.4) is 0 Å². The van der Waals surface area contributed by atoms with Gasteiger partial charge in [-0.15, -0.1) is 0 Å². The molecule has 2 nitrogen and oxygen atoms in total. The molecule has 1 unspecified atom stereocenters. The summed E-state index contributed by atoms with van der Waals surface area (Å²) in [7, 11) is 0. The fourth-order valence-electron chi connectivity index (χ4n) is 2.81. The quantitative estimate of drug-likeness (QED) is 0.599. The second kappa shape index (κ2) is 7.09. The molecule has 0 aromatic heterocycles. The lowest BCUT2D eigenvalue weighted by Crippen LogP contribution is -2.39. The lowest BCUT2D eigenvalue weighted by Gasteiger charge is -2.35. The van der Waals surface area contributed by atoms with Crippen LogP contribution in [0.2, 0.25) is 0 Å². The maximum Gasteiger partial charge on any atom is 0.0168 e. The van der Waals surface area contributed by atoms with E-state index in [-0.39, 0.29) is 5.54 Å². The maximum atomic E-state index is 3.58. The molecule has 0 aliphatic carbocycles. The molecule has 118 valence electrons. The number of hydrogen-bond donors (Lipinski definition) is 1. The Kier molecular flexibility index (Phi) is 6.27. The minimum Gasteiger partial charge on any atom is -0.312 e. The van der Waals surface area contributed by atoms with E-state index in [9.17, 15) is 0 Å². The largest absolute Gasteiger partial charge is 0.312 e. The van der Waals surface area contributed by atoms with E-state index in [0.29, 0.717) is 11.5 Å². The summed E-state index contributed by atoms with van der Waals surface area (Å²) in [5.74, 6) is 0. The summed E-state index contributed by atoms with van der Waals surface area (Å²) in [6.07, 6.45) is 6.27. The Labute approximate surface area is 127 Å². The fraction of sp³-hybridized carbons (Fsp3) is 0.889. The van der Waals surface area contributed by atoms with Gasteiger partial charge in [0, 0.05) is 24.7 Å². The third-order valence-electron chi connectivity index (χ3n) is 4.28. The number of nitrogens with one attached hydrogen (secondary N) is 1. The van der Waals surface area contributed by atoms with Crippen molar-refractivity contribution in [1.29, 1.82) is 0 Å². The number of nitrogens with zero attached hydrogens (tertiary/aromatic N) is 1. The van der Waals surface area contributed by atoms with Gasteiger partial charge in [-0.05, 0) is 58.9 Å². The van der Waals surface area contributed by atoms with Gasteiger partial charge in [-0.3, -0.25) is 4.90 Å². The van der Waals surface area contributed by atoms with Crippen molar-refractivity contribution in [1.82, 2.24) is 10.2 Å². The summed E-state index contributed by atoms with van der Waals surface area (Å²) in [5, 5.41) is 3.58. The molecule has 0 fully saturated rings. The van der Waals surface area contributed by atoms with Crippen molar-refractivity contribution in [2.24, 2.45) is 5.41 Å². The molecular weight excluding hydrogens is 244 g/mol. The van der Waals surface area contributed by atoms with Gasteiger partial charge >= 0.3 is 0 Å². The van der Waals surface area contributed by atoms with E-state index in [4.69, 9.17) is 0 Å². The molecule has 20 heavy (non-hydrogen) atoms. The predicted molar refractivity (Wildman–Crippen MR) is 90.2 cm³/mol. The first-order chi connectivity index (χ1) is 9.09. The molecule has 1 rings (SSSR count). The molecule has 1 heterocycles. The SMILES string of the molecule is CC(CCCNC(C)(C)C)N1CC=C(C(C)(C)C)CC1. The Bertz CT molecular complexity index is 317. The lowest BCUT2D eigenvalue weighted by molar-refractivity contribution is 0.203. The smallest absolute Gasteiger partial charge is 0.0168 e. The topological polar surface area (TPSA) is 15.3 Å². The standard InChI is InChI=1S/C18H36N2/c1-15(9-8-12-19-18(5,6)7)20-13-10-16(11-14-20)17(2,3)4/h10,15,19H,8-9,11-14H2,1-7H3. The summed E-state index contributed by atoms with van der Waals surface area (Å²) in [6, 6.07) is 0.703. The average Bonchev–Trinajstić information content (AvgIpc) is 2.32. The Morgan fingerprint density at radius 3 is 2.30 bits per heavy atom. The Morgan fingerprint density at radius 1 is 1.20 bits per heavy atom. The van der Waals surface area contributed by atoms with Crippen LogP contribution in [-0.4, -0.2) is 36.1 Å². The molecule has 0 radical (unpaired) electrons. The summed E-state index contributed by atoms with van der Waals surface area (Å²) in [6.45, 7) is 19.6. The molecule has 1 aliphatic heterocycles. The van der Waals surface area contributed by atoms with E-state index in [2.05, 4.69) is 64.8 Å². The van der Waals surface area contributed by atoms with E-state index in [0.717, 1.165) is 13.1 Å². The van der Waals surface area contributed by atoms with Gasteiger partial charge in [0.1, 0.15) is 0 Å². The van der Waals surface area contributed by atoms with Crippen molar-refractivity contribution in [2.45, 2.75) is 79.3 Å². The van der Waals surface area contributed by atoms with Crippen LogP contribution in [0.15, 0.2) is 11.6 Å². The molecule has 0 aromatic carbocycles. The highest BCUT2D eigenvalue weighted by Crippen LogP contribution is 2.30. The van der Waals surface area contributed by atoms with Crippen LogP contribution in [0.5, 0.6) is 0 Å². The fourth-order valence-corrected chi connectivity index (χ4v) is 2.81. The molecular formula is C18H36N2. The van der Waals surface area contributed by atoms with Gasteiger partial charge in [-0.25, -0.2) is 0 Å². The van der Waals surface area contributed by atoms with Crippen molar-refractivity contribution in [2.75, 3.05) is 19.6 Å². The summed E-state index contributed by atoms with van der Waals surface area (Å²) in [4.78, 5) is 2.63. The minimum atomic E-state index is 0.249. The van der Waals surface area contributed by atoms with Crippen molar-refractivity contribution < 1.29 is 0 Å². The normalized spacial score (nSPS) is 19.9. The van der Waals surface area contributed by atoms with E-state index >= 15 is 0 Å². The molecule has 0 aromatic rings. The molecule has 0 saturated heterocycles. The highest BCUT2D eigenvalue weighted by Gasteiger charge is 2.23. The van der Waals surface area contributed by atoms with Crippen LogP contribution in [0.1, 0.15) is 67.7 Å². The van der Waals surface area contributed by atoms with Gasteiger partial charge < -0.3 is 5.32 Å². The van der Waals surface area contributed by atoms with Crippen molar-refractivity contribution in [3.05, 3.63) is 11.6 Å². The van der Waals surface area contributed by atoms with Crippen molar-refractivity contribution in [3.8, 4) is 0 Å². The third-order valence-corrected chi connectivity index (χ3v) is 4.28. The maximum absolute atomic E-state index is 3.58. The first-order valence-electron chi connectivity index (χ1n) is 8.28. The Morgan fingerprint density at radius 2 is 1.85 bits per heavy atom. The van der Waals surface area contributed by atoms with Gasteiger partial charge in [0.05, 0.1) is 0 Å². The van der Waals surface area contributed by atoms with Crippen LogP contribution in [-0.2, 0) is 0 Å². The van der Waals surface area contributed by atoms with Crippen LogP contribution in [0, 0.1) is 5.41 Å². The Hall–Kier alpha value is -0.340. The minimum absolute atomic E-state index is 0.249. The second-order valence-electron chi connectivity index (χ2n) is 8.39. The highest BCUT2D eigenvalue weighted by molar-refractivity contribution is 5.14. The molecule has 0 amide bonds. The third kappa shape index (κ3) is 6.41. The van der Waals surface area contributed by atoms with Crippen LogP contribution < -0.4 is 5.32 Å². The zero-order chi connectivity index (χ0) is 15.4. The van der Waals surface area contributed by atoms with Gasteiger partial charge in [0.2, 0.25) is 0 Å². The van der Waals surface area contributed by atoms with Gasteiger partial charge in [-0.1, -0.05) is 32.4 Å². The van der Waals surface area contributed by atoms with Crippen LogP contribution in [0.25, 0.3) is 0 Å². The molecule has 0 bridgehead atoms. The van der Waals surface area contributed by atoms with Crippen LogP contribution in [0.4, 0.5) is 0 Å². The molecule has 2 heteroatoms. The average molecular weight is 281 g/mol. The lowest BCUT2D eigenvalue weighted by atomic mass is 9.82. The molecule has 1 N–H and O–H groups in total. The highest BCUT2D eigenvalue weighted by atomic mass is 15.1. The monoisotopic (exact) mass is 280 g/mol. The first-order valence-corrected chi connectivity index (χ1v) is 8.28. The first kappa shape index (κ1) is 17.7. The zero-order valence-electron chi connectivity index (χ0n) is 14.8. The number of hydrogen-bond acceptors (Lipinski definition) is 2. The second-order valence-corrected chi connectivity index (χ2v) is 8.39. The van der Waals surface area contributed by atoms with Gasteiger partial charge in [0.25, 0.3) is 0 Å². The molecule has 0 saturated carbocycles. The molecule has 0 spiro atoms. The van der Waals surface area contributed by atoms with Crippen molar-refractivity contribution in [3.63, 3.8) is 0 Å². The summed E-state index contributed by atoms with van der Waals surface area (Å²) in [5.41, 5.74) is 2.24. The number of rotatable bonds is 5. The van der Waals surface area contributed by atoms with Gasteiger partial charge in [-0.2, -0.15) is 0 Å². The summed E-state index contributed by atoms with van der Waals surface area (Å²) < 4.78 is 0. The van der Waals surface area contributed by atoms with E-state index in [1.165, 1.54) is 25.8 Å². The van der Waals surface area contributed by atoms with E-state index < -0.39 is 0 Å².